The summed E-state index contributed by atoms with van der Waals surface area (Å²) in [6, 6.07) is 5.30. The van der Waals surface area contributed by atoms with Gasteiger partial charge in [-0.25, -0.2) is 9.97 Å². The van der Waals surface area contributed by atoms with Crippen molar-refractivity contribution in [2.75, 3.05) is 7.11 Å². The minimum Gasteiger partial charge on any atom is -0.480 e. The van der Waals surface area contributed by atoms with Crippen LogP contribution in [-0.2, 0) is 0 Å². The van der Waals surface area contributed by atoms with Crippen LogP contribution in [0.3, 0.4) is 0 Å². The number of carbonyl (C=O) groups is 1. The number of fused-ring (bicyclic) bond motifs is 1. The fraction of sp³-hybridized carbons (Fsp3) is 0.182. The van der Waals surface area contributed by atoms with Crippen molar-refractivity contribution in [1.82, 2.24) is 9.97 Å². The minimum atomic E-state index is -0.436. The SMILES string of the molecule is COc1cnc2cccc(C(=O)C(Br)Br)c2n1. The Balaban J connectivity index is 2.66. The second kappa shape index (κ2) is 5.10. The van der Waals surface area contributed by atoms with E-state index >= 15 is 0 Å². The molecule has 0 saturated carbocycles. The molecule has 0 aliphatic carbocycles. The van der Waals surface area contributed by atoms with Gasteiger partial charge in [0.2, 0.25) is 5.88 Å². The van der Waals surface area contributed by atoms with Crippen molar-refractivity contribution in [3.05, 3.63) is 30.0 Å². The van der Waals surface area contributed by atoms with E-state index in [1.54, 1.807) is 18.2 Å². The van der Waals surface area contributed by atoms with E-state index < -0.39 is 3.74 Å². The summed E-state index contributed by atoms with van der Waals surface area (Å²) >= 11 is 6.37. The number of para-hydroxylation sites is 1. The fourth-order valence-electron chi connectivity index (χ4n) is 1.43. The fourth-order valence-corrected chi connectivity index (χ4v) is 1.92. The molecular weight excluding hydrogens is 352 g/mol. The average molecular weight is 360 g/mol. The van der Waals surface area contributed by atoms with Crippen molar-refractivity contribution >= 4 is 48.7 Å². The van der Waals surface area contributed by atoms with E-state index in [-0.39, 0.29) is 5.78 Å². The standard InChI is InChI=1S/C11H8Br2N2O2/c1-17-8-5-14-7-4-2-3-6(9(7)15-8)10(16)11(12)13/h2-5,11H,1H3. The first-order valence-electron chi connectivity index (χ1n) is 4.75. The molecule has 0 bridgehead atoms. The topological polar surface area (TPSA) is 52.1 Å². The molecule has 0 spiro atoms. The number of halogens is 2. The van der Waals surface area contributed by atoms with Crippen LogP contribution in [0.2, 0.25) is 0 Å². The molecule has 0 unspecified atom stereocenters. The van der Waals surface area contributed by atoms with Crippen LogP contribution in [0.5, 0.6) is 5.88 Å². The summed E-state index contributed by atoms with van der Waals surface area (Å²) in [5, 5.41) is 0. The van der Waals surface area contributed by atoms with Gasteiger partial charge in [-0.05, 0) is 12.1 Å². The Kier molecular flexibility index (Phi) is 3.73. The number of methoxy groups -OCH3 is 1. The molecule has 4 nitrogen and oxygen atoms in total. The number of rotatable bonds is 3. The largest absolute Gasteiger partial charge is 0.480 e. The zero-order valence-corrected chi connectivity index (χ0v) is 12.0. The maximum Gasteiger partial charge on any atom is 0.232 e. The molecule has 2 aromatic rings. The van der Waals surface area contributed by atoms with E-state index in [1.807, 2.05) is 0 Å². The molecule has 0 radical (unpaired) electrons. The van der Waals surface area contributed by atoms with E-state index in [4.69, 9.17) is 4.74 Å². The molecule has 1 aromatic heterocycles. The lowest BCUT2D eigenvalue weighted by Crippen LogP contribution is -2.08. The third-order valence-corrected chi connectivity index (χ3v) is 3.06. The van der Waals surface area contributed by atoms with Gasteiger partial charge in [-0.1, -0.05) is 37.9 Å². The second-order valence-corrected chi connectivity index (χ2v) is 6.31. The molecule has 0 fully saturated rings. The predicted molar refractivity (Wildman–Crippen MR) is 72.1 cm³/mol. The lowest BCUT2D eigenvalue weighted by atomic mass is 10.1. The van der Waals surface area contributed by atoms with Crippen LogP contribution in [0.25, 0.3) is 11.0 Å². The van der Waals surface area contributed by atoms with Gasteiger partial charge >= 0.3 is 0 Å². The summed E-state index contributed by atoms with van der Waals surface area (Å²) in [5.74, 6) is 0.289. The van der Waals surface area contributed by atoms with Crippen LogP contribution in [0, 0.1) is 0 Å². The molecule has 1 heterocycles. The van der Waals surface area contributed by atoms with Crippen LogP contribution in [0.1, 0.15) is 10.4 Å². The summed E-state index contributed by atoms with van der Waals surface area (Å²) in [6.07, 6.45) is 1.52. The Morgan fingerprint density at radius 2 is 2.18 bits per heavy atom. The quantitative estimate of drug-likeness (QED) is 0.624. The number of hydrogen-bond acceptors (Lipinski definition) is 4. The summed E-state index contributed by atoms with van der Waals surface area (Å²) < 4.78 is 4.57. The molecule has 0 aliphatic heterocycles. The Hall–Kier alpha value is -1.01. The zero-order chi connectivity index (χ0) is 12.4. The van der Waals surface area contributed by atoms with Crippen molar-refractivity contribution in [1.29, 1.82) is 0 Å². The summed E-state index contributed by atoms with van der Waals surface area (Å²) in [7, 11) is 1.51. The van der Waals surface area contributed by atoms with Gasteiger partial charge in [0.25, 0.3) is 0 Å². The number of benzene rings is 1. The lowest BCUT2D eigenvalue weighted by Gasteiger charge is -2.06. The number of Topliss-reactive ketones (excluding diaryl/α,β-unsaturated/α-hetero) is 1. The number of carbonyl (C=O) groups excluding carboxylic acids is 1. The first-order chi connectivity index (χ1) is 8.13. The highest BCUT2D eigenvalue weighted by Gasteiger charge is 2.17. The van der Waals surface area contributed by atoms with Crippen LogP contribution in [0.4, 0.5) is 0 Å². The van der Waals surface area contributed by atoms with Gasteiger partial charge in [0.15, 0.2) is 5.78 Å². The monoisotopic (exact) mass is 358 g/mol. The van der Waals surface area contributed by atoms with Gasteiger partial charge in [0, 0.05) is 5.56 Å². The summed E-state index contributed by atoms with van der Waals surface area (Å²) in [4.78, 5) is 20.4. The highest BCUT2D eigenvalue weighted by atomic mass is 79.9. The number of alkyl halides is 2. The van der Waals surface area contributed by atoms with Crippen molar-refractivity contribution in [2.24, 2.45) is 0 Å². The maximum absolute atomic E-state index is 12.0. The first-order valence-corrected chi connectivity index (χ1v) is 6.58. The highest BCUT2D eigenvalue weighted by molar-refractivity contribution is 9.25. The highest BCUT2D eigenvalue weighted by Crippen LogP contribution is 2.22. The first kappa shape index (κ1) is 12.4. The molecule has 88 valence electrons. The molecule has 1 aromatic carbocycles. The second-order valence-electron chi connectivity index (χ2n) is 3.25. The maximum atomic E-state index is 12.0. The Bertz CT molecular complexity index is 572. The van der Waals surface area contributed by atoms with Crippen molar-refractivity contribution in [2.45, 2.75) is 3.74 Å². The van der Waals surface area contributed by atoms with E-state index in [1.165, 1.54) is 13.3 Å². The normalized spacial score (nSPS) is 10.8. The number of aromatic nitrogens is 2. The van der Waals surface area contributed by atoms with Crippen molar-refractivity contribution < 1.29 is 9.53 Å². The van der Waals surface area contributed by atoms with E-state index in [0.29, 0.717) is 22.5 Å². The molecule has 0 atom stereocenters. The van der Waals surface area contributed by atoms with E-state index in [2.05, 4.69) is 41.8 Å². The van der Waals surface area contributed by atoms with Gasteiger partial charge in [-0.3, -0.25) is 4.79 Å². The van der Waals surface area contributed by atoms with Crippen molar-refractivity contribution in [3.63, 3.8) is 0 Å². The molecule has 0 saturated heterocycles. The van der Waals surface area contributed by atoms with Crippen LogP contribution in [0.15, 0.2) is 24.4 Å². The Morgan fingerprint density at radius 1 is 1.41 bits per heavy atom. The summed E-state index contributed by atoms with van der Waals surface area (Å²) in [5.41, 5.74) is 1.71. The molecule has 6 heteroatoms. The number of ketones is 1. The third kappa shape index (κ3) is 2.47. The van der Waals surface area contributed by atoms with Gasteiger partial charge in [-0.15, -0.1) is 0 Å². The van der Waals surface area contributed by atoms with Gasteiger partial charge in [-0.2, -0.15) is 0 Å². The van der Waals surface area contributed by atoms with E-state index in [9.17, 15) is 4.79 Å². The number of nitrogens with zero attached hydrogens (tertiary/aromatic N) is 2. The van der Waals surface area contributed by atoms with Gasteiger partial charge in [0.1, 0.15) is 9.25 Å². The molecule has 0 amide bonds. The lowest BCUT2D eigenvalue weighted by molar-refractivity contribution is 0.101. The van der Waals surface area contributed by atoms with Gasteiger partial charge in [0.05, 0.1) is 18.8 Å². The van der Waals surface area contributed by atoms with Crippen molar-refractivity contribution in [3.8, 4) is 5.88 Å². The van der Waals surface area contributed by atoms with Crippen LogP contribution >= 0.6 is 31.9 Å². The molecule has 2 rings (SSSR count). The summed E-state index contributed by atoms with van der Waals surface area (Å²) in [6.45, 7) is 0. The minimum absolute atomic E-state index is 0.0989. The Labute approximate surface area is 115 Å². The Morgan fingerprint density at radius 3 is 2.82 bits per heavy atom. The van der Waals surface area contributed by atoms with Crippen LogP contribution in [-0.4, -0.2) is 26.6 Å². The van der Waals surface area contributed by atoms with Gasteiger partial charge < -0.3 is 4.74 Å². The number of hydrogen-bond donors (Lipinski definition) is 0. The molecule has 0 aliphatic rings. The molecule has 0 N–H and O–H groups in total. The van der Waals surface area contributed by atoms with E-state index in [0.717, 1.165) is 0 Å². The smallest absolute Gasteiger partial charge is 0.232 e. The zero-order valence-electron chi connectivity index (χ0n) is 8.85. The molecule has 17 heavy (non-hydrogen) atoms. The predicted octanol–water partition coefficient (Wildman–Crippen LogP) is 2.94. The molecular formula is C11H8Br2N2O2. The average Bonchev–Trinajstić information content (AvgIpc) is 2.36. The third-order valence-electron chi connectivity index (χ3n) is 2.22. The number of ether oxygens (including phenoxy) is 1. The van der Waals surface area contributed by atoms with Crippen LogP contribution < -0.4 is 4.74 Å².